The molecule has 1 N–H and O–H groups in total. The highest BCUT2D eigenvalue weighted by Gasteiger charge is 2.02. The van der Waals surface area contributed by atoms with Crippen molar-refractivity contribution in [2.75, 3.05) is 6.61 Å². The molecule has 0 aliphatic carbocycles. The molecular formula is C11H10FO3. The summed E-state index contributed by atoms with van der Waals surface area (Å²) in [7, 11) is 0. The van der Waals surface area contributed by atoms with Crippen molar-refractivity contribution < 1.29 is 19.0 Å². The first-order chi connectivity index (χ1) is 7.11. The van der Waals surface area contributed by atoms with E-state index in [1.165, 1.54) is 25.1 Å². The van der Waals surface area contributed by atoms with Gasteiger partial charge in [-0.15, -0.1) is 0 Å². The van der Waals surface area contributed by atoms with Gasteiger partial charge in [-0.05, 0) is 17.7 Å². The van der Waals surface area contributed by atoms with E-state index in [1.54, 1.807) is 6.07 Å². The Balaban J connectivity index is 2.87. The Labute approximate surface area is 86.8 Å². The Bertz CT molecular complexity index is 385. The molecule has 0 saturated carbocycles. The van der Waals surface area contributed by atoms with Crippen molar-refractivity contribution in [3.05, 3.63) is 47.5 Å². The summed E-state index contributed by atoms with van der Waals surface area (Å²) >= 11 is 0. The second-order valence-corrected chi connectivity index (χ2v) is 2.81. The Morgan fingerprint density at radius 1 is 1.60 bits per heavy atom. The fourth-order valence-corrected chi connectivity index (χ4v) is 0.998. The van der Waals surface area contributed by atoms with Crippen LogP contribution in [0.15, 0.2) is 30.0 Å². The van der Waals surface area contributed by atoms with Crippen LogP contribution in [-0.2, 0) is 9.53 Å². The first-order valence-electron chi connectivity index (χ1n) is 4.29. The van der Waals surface area contributed by atoms with E-state index >= 15 is 0 Å². The van der Waals surface area contributed by atoms with Crippen LogP contribution in [0.2, 0.25) is 0 Å². The topological polar surface area (TPSA) is 46.5 Å². The van der Waals surface area contributed by atoms with E-state index < -0.39 is 18.4 Å². The highest BCUT2D eigenvalue weighted by molar-refractivity contribution is 5.67. The maximum Gasteiger partial charge on any atom is 0.307 e. The molecular weight excluding hydrogens is 199 g/mol. The molecule has 3 nitrogen and oxygen atoms in total. The molecule has 0 aliphatic heterocycles. The molecule has 0 saturated heterocycles. The van der Waals surface area contributed by atoms with E-state index in [9.17, 15) is 9.18 Å². The molecule has 0 bridgehead atoms. The van der Waals surface area contributed by atoms with Gasteiger partial charge in [0.05, 0.1) is 0 Å². The Morgan fingerprint density at radius 2 is 2.33 bits per heavy atom. The normalized spacial score (nSPS) is 11.3. The average molecular weight is 209 g/mol. The molecule has 1 rings (SSSR count). The maximum atomic E-state index is 12.8. The number of hydrogen-bond acceptors (Lipinski definition) is 3. The number of esters is 1. The zero-order valence-corrected chi connectivity index (χ0v) is 8.16. The van der Waals surface area contributed by atoms with E-state index in [0.717, 1.165) is 0 Å². The van der Waals surface area contributed by atoms with Crippen LogP contribution in [0.3, 0.4) is 0 Å². The van der Waals surface area contributed by atoms with Crippen molar-refractivity contribution in [1.29, 1.82) is 0 Å². The number of halogens is 1. The fourth-order valence-electron chi connectivity index (χ4n) is 0.998. The number of carbonyl (C=O) groups is 1. The smallest absolute Gasteiger partial charge is 0.307 e. The van der Waals surface area contributed by atoms with Crippen molar-refractivity contribution >= 4 is 5.97 Å². The number of rotatable bonds is 3. The number of aliphatic hydroxyl groups excluding tert-OH is 1. The molecule has 79 valence electrons. The third-order valence-electron chi connectivity index (χ3n) is 1.52. The summed E-state index contributed by atoms with van der Waals surface area (Å²) < 4.78 is 17.4. The van der Waals surface area contributed by atoms with Gasteiger partial charge in [0.1, 0.15) is 18.2 Å². The fraction of sp³-hybridized carbons (Fsp3) is 0.182. The lowest BCUT2D eigenvalue weighted by atomic mass is 10.2. The number of ether oxygens (including phenoxy) is 1. The van der Waals surface area contributed by atoms with Gasteiger partial charge in [-0.3, -0.25) is 4.79 Å². The van der Waals surface area contributed by atoms with Crippen LogP contribution in [0, 0.1) is 11.9 Å². The minimum absolute atomic E-state index is 0.0342. The van der Waals surface area contributed by atoms with Crippen LogP contribution in [0.5, 0.6) is 0 Å². The molecule has 0 spiro atoms. The van der Waals surface area contributed by atoms with Crippen LogP contribution >= 0.6 is 0 Å². The van der Waals surface area contributed by atoms with Crippen molar-refractivity contribution in [3.8, 4) is 0 Å². The summed E-state index contributed by atoms with van der Waals surface area (Å²) in [5.41, 5.74) is 0.403. The standard InChI is InChI=1S/C11H10FO3/c1-8(14)15-11(7-13)6-9-3-2-4-10(12)5-9/h2-5,13H,7H2,1H3. The SMILES string of the molecule is CC(=O)OC(=[C]c1cccc(F)c1)CO. The third kappa shape index (κ3) is 3.91. The minimum Gasteiger partial charge on any atom is -0.428 e. The third-order valence-corrected chi connectivity index (χ3v) is 1.52. The van der Waals surface area contributed by atoms with Gasteiger partial charge in [0.2, 0.25) is 0 Å². The average Bonchev–Trinajstić information content (AvgIpc) is 2.16. The summed E-state index contributed by atoms with van der Waals surface area (Å²) in [6, 6.07) is 5.59. The summed E-state index contributed by atoms with van der Waals surface area (Å²) in [6.45, 7) is 0.749. The second kappa shape index (κ2) is 5.26. The monoisotopic (exact) mass is 209 g/mol. The largest absolute Gasteiger partial charge is 0.428 e. The van der Waals surface area contributed by atoms with Gasteiger partial charge >= 0.3 is 5.97 Å². The number of hydrogen-bond donors (Lipinski definition) is 1. The van der Waals surface area contributed by atoms with Crippen LogP contribution in [0.4, 0.5) is 4.39 Å². The number of aliphatic hydroxyl groups is 1. The molecule has 0 aliphatic rings. The molecule has 0 fully saturated rings. The van der Waals surface area contributed by atoms with E-state index in [0.29, 0.717) is 5.56 Å². The number of carbonyl (C=O) groups excluding carboxylic acids is 1. The predicted octanol–water partition coefficient (Wildman–Crippen LogP) is 1.42. The van der Waals surface area contributed by atoms with E-state index in [-0.39, 0.29) is 5.76 Å². The van der Waals surface area contributed by atoms with E-state index in [1.807, 2.05) is 0 Å². The quantitative estimate of drug-likeness (QED) is 0.604. The Morgan fingerprint density at radius 3 is 2.87 bits per heavy atom. The Kier molecular flexibility index (Phi) is 4.00. The molecule has 0 amide bonds. The molecule has 0 unspecified atom stereocenters. The zero-order valence-electron chi connectivity index (χ0n) is 8.16. The molecule has 1 radical (unpaired) electrons. The van der Waals surface area contributed by atoms with E-state index in [4.69, 9.17) is 5.11 Å². The lowest BCUT2D eigenvalue weighted by Gasteiger charge is -2.02. The second-order valence-electron chi connectivity index (χ2n) is 2.81. The Hall–Kier alpha value is -1.68. The molecule has 1 aromatic carbocycles. The highest BCUT2D eigenvalue weighted by atomic mass is 19.1. The lowest BCUT2D eigenvalue weighted by Crippen LogP contribution is -2.03. The summed E-state index contributed by atoms with van der Waals surface area (Å²) in [5, 5.41) is 8.84. The van der Waals surface area contributed by atoms with Crippen molar-refractivity contribution in [2.24, 2.45) is 0 Å². The summed E-state index contributed by atoms with van der Waals surface area (Å²) in [6.07, 6.45) is 2.58. The predicted molar refractivity (Wildman–Crippen MR) is 51.1 cm³/mol. The van der Waals surface area contributed by atoms with Gasteiger partial charge in [-0.25, -0.2) is 4.39 Å². The molecule has 4 heteroatoms. The summed E-state index contributed by atoms with van der Waals surface area (Å²) in [5.74, 6) is -1.00. The van der Waals surface area contributed by atoms with Crippen LogP contribution < -0.4 is 0 Å². The maximum absolute atomic E-state index is 12.8. The van der Waals surface area contributed by atoms with Crippen molar-refractivity contribution in [3.63, 3.8) is 0 Å². The van der Waals surface area contributed by atoms with Crippen molar-refractivity contribution in [2.45, 2.75) is 6.92 Å². The first-order valence-corrected chi connectivity index (χ1v) is 4.29. The molecule has 0 heterocycles. The molecule has 0 atom stereocenters. The van der Waals surface area contributed by atoms with Gasteiger partial charge in [-0.2, -0.15) is 0 Å². The van der Waals surface area contributed by atoms with Gasteiger partial charge in [0.15, 0.2) is 0 Å². The van der Waals surface area contributed by atoms with Gasteiger partial charge < -0.3 is 9.84 Å². The van der Waals surface area contributed by atoms with Crippen LogP contribution in [0.1, 0.15) is 12.5 Å². The van der Waals surface area contributed by atoms with Crippen molar-refractivity contribution in [1.82, 2.24) is 0 Å². The van der Waals surface area contributed by atoms with E-state index in [2.05, 4.69) is 10.8 Å². The summed E-state index contributed by atoms with van der Waals surface area (Å²) in [4.78, 5) is 10.6. The van der Waals surface area contributed by atoms with Crippen LogP contribution in [0.25, 0.3) is 0 Å². The molecule has 0 aromatic heterocycles. The van der Waals surface area contributed by atoms with Crippen LogP contribution in [-0.4, -0.2) is 17.7 Å². The molecule has 1 aromatic rings. The minimum atomic E-state index is -0.553. The lowest BCUT2D eigenvalue weighted by molar-refractivity contribution is -0.137. The highest BCUT2D eigenvalue weighted by Crippen LogP contribution is 2.07. The van der Waals surface area contributed by atoms with Gasteiger partial charge in [0.25, 0.3) is 0 Å². The van der Waals surface area contributed by atoms with Gasteiger partial charge in [-0.1, -0.05) is 12.1 Å². The number of benzene rings is 1. The first kappa shape index (κ1) is 11.4. The van der Waals surface area contributed by atoms with Gasteiger partial charge in [0, 0.05) is 13.0 Å². The zero-order chi connectivity index (χ0) is 11.3. The molecule has 15 heavy (non-hydrogen) atoms.